The highest BCUT2D eigenvalue weighted by molar-refractivity contribution is 9.10. The zero-order chi connectivity index (χ0) is 10.0. The molecule has 0 fully saturated rings. The fraction of sp³-hybridized carbons (Fsp3) is 0.286. The van der Waals surface area contributed by atoms with Gasteiger partial charge in [-0.05, 0) is 6.07 Å². The Morgan fingerprint density at radius 3 is 2.46 bits per heavy atom. The third kappa shape index (κ3) is 2.43. The van der Waals surface area contributed by atoms with Crippen molar-refractivity contribution in [1.82, 2.24) is 4.98 Å². The highest BCUT2D eigenvalue weighted by Gasteiger charge is 2.19. The van der Waals surface area contributed by atoms with E-state index in [9.17, 15) is 13.2 Å². The normalized spacial score (nSPS) is 10.9. The number of hydrogen-bond acceptors (Lipinski definition) is 1. The van der Waals surface area contributed by atoms with E-state index >= 15 is 0 Å². The first-order chi connectivity index (χ1) is 6.06. The average molecular weight is 319 g/mol. The van der Waals surface area contributed by atoms with Gasteiger partial charge in [-0.3, -0.25) is 0 Å². The second kappa shape index (κ2) is 4.41. The van der Waals surface area contributed by atoms with Crippen LogP contribution in [-0.4, -0.2) is 4.98 Å². The van der Waals surface area contributed by atoms with Crippen molar-refractivity contribution in [3.05, 3.63) is 27.7 Å². The number of halogens is 5. The number of aromatic nitrogens is 1. The number of pyridine rings is 1. The molecule has 1 aromatic rings. The van der Waals surface area contributed by atoms with E-state index in [0.29, 0.717) is 11.0 Å². The van der Waals surface area contributed by atoms with Crippen LogP contribution in [0.1, 0.15) is 17.7 Å². The fourth-order valence-corrected chi connectivity index (χ4v) is 1.69. The van der Waals surface area contributed by atoms with Gasteiger partial charge in [0.25, 0.3) is 6.43 Å². The summed E-state index contributed by atoms with van der Waals surface area (Å²) in [5, 5.41) is 0.325. The van der Waals surface area contributed by atoms with Crippen LogP contribution in [0.5, 0.6) is 0 Å². The highest BCUT2D eigenvalue weighted by Crippen LogP contribution is 2.29. The van der Waals surface area contributed by atoms with Crippen LogP contribution in [0.3, 0.4) is 0 Å². The molecule has 0 atom stereocenters. The quantitative estimate of drug-likeness (QED) is 0.597. The predicted molar refractivity (Wildman–Crippen MR) is 49.5 cm³/mol. The van der Waals surface area contributed by atoms with Gasteiger partial charge in [-0.25, -0.2) is 13.8 Å². The summed E-state index contributed by atoms with van der Waals surface area (Å²) in [4.78, 5) is 3.35. The van der Waals surface area contributed by atoms with Crippen LogP contribution in [0.25, 0.3) is 0 Å². The number of nitrogens with zero attached hydrogens (tertiary/aromatic N) is 1. The molecule has 72 valence electrons. The van der Waals surface area contributed by atoms with E-state index in [2.05, 4.69) is 36.8 Å². The molecule has 0 saturated heterocycles. The molecule has 0 amide bonds. The molecule has 0 saturated carbocycles. The average Bonchev–Trinajstić information content (AvgIpc) is 2.02. The maximum Gasteiger partial charge on any atom is 0.269 e. The van der Waals surface area contributed by atoms with Crippen LogP contribution in [0.4, 0.5) is 13.2 Å². The molecular formula is C7H4Br2F3N. The predicted octanol–water partition coefficient (Wildman–Crippen LogP) is 3.82. The van der Waals surface area contributed by atoms with Crippen molar-refractivity contribution in [1.29, 1.82) is 0 Å². The zero-order valence-electron chi connectivity index (χ0n) is 6.20. The van der Waals surface area contributed by atoms with E-state index in [1.165, 1.54) is 6.07 Å². The Hall–Kier alpha value is -0.100. The smallest absolute Gasteiger partial charge is 0.223 e. The maximum atomic E-state index is 12.9. The van der Waals surface area contributed by atoms with Crippen molar-refractivity contribution in [2.24, 2.45) is 0 Å². The first-order valence-corrected chi connectivity index (χ1v) is 5.16. The van der Waals surface area contributed by atoms with Crippen LogP contribution in [0.2, 0.25) is 0 Å². The topological polar surface area (TPSA) is 12.9 Å². The molecule has 0 bridgehead atoms. The molecule has 0 spiro atoms. The molecule has 0 aliphatic carbocycles. The molecular weight excluding hydrogens is 315 g/mol. The summed E-state index contributed by atoms with van der Waals surface area (Å²) < 4.78 is 37.4. The summed E-state index contributed by atoms with van der Waals surface area (Å²) in [7, 11) is 0. The molecule has 6 heteroatoms. The van der Waals surface area contributed by atoms with Crippen molar-refractivity contribution in [3.8, 4) is 0 Å². The first kappa shape index (κ1) is 11.0. The van der Waals surface area contributed by atoms with E-state index in [0.717, 1.165) is 0 Å². The summed E-state index contributed by atoms with van der Waals surface area (Å²) in [6.45, 7) is 0. The van der Waals surface area contributed by atoms with Gasteiger partial charge in [-0.1, -0.05) is 31.9 Å². The highest BCUT2D eigenvalue weighted by atomic mass is 79.9. The Morgan fingerprint density at radius 1 is 1.46 bits per heavy atom. The summed E-state index contributed by atoms with van der Waals surface area (Å²) in [6.07, 6.45) is -2.86. The summed E-state index contributed by atoms with van der Waals surface area (Å²) in [6, 6.07) is 1.36. The van der Waals surface area contributed by atoms with Crippen molar-refractivity contribution >= 4 is 31.9 Å². The van der Waals surface area contributed by atoms with Crippen molar-refractivity contribution in [2.45, 2.75) is 11.8 Å². The second-order valence-electron chi connectivity index (χ2n) is 2.23. The van der Waals surface area contributed by atoms with Gasteiger partial charge in [-0.2, -0.15) is 4.39 Å². The maximum absolute atomic E-state index is 12.9. The molecule has 13 heavy (non-hydrogen) atoms. The monoisotopic (exact) mass is 317 g/mol. The molecule has 0 aliphatic rings. The van der Waals surface area contributed by atoms with Crippen molar-refractivity contribution < 1.29 is 13.2 Å². The van der Waals surface area contributed by atoms with Crippen LogP contribution >= 0.6 is 31.9 Å². The molecule has 0 N–H and O–H groups in total. The second-order valence-corrected chi connectivity index (χ2v) is 3.65. The van der Waals surface area contributed by atoms with E-state index in [1.54, 1.807) is 0 Å². The molecule has 0 radical (unpaired) electrons. The lowest BCUT2D eigenvalue weighted by molar-refractivity contribution is 0.144. The van der Waals surface area contributed by atoms with Gasteiger partial charge in [-0.15, -0.1) is 0 Å². The van der Waals surface area contributed by atoms with Crippen molar-refractivity contribution in [3.63, 3.8) is 0 Å². The van der Waals surface area contributed by atoms with Gasteiger partial charge in [0.05, 0.1) is 11.3 Å². The zero-order valence-corrected chi connectivity index (χ0v) is 9.37. The van der Waals surface area contributed by atoms with Gasteiger partial charge in [0.1, 0.15) is 0 Å². The SMILES string of the molecule is Fc1nc(CBr)cc(Br)c1C(F)F. The lowest BCUT2D eigenvalue weighted by Crippen LogP contribution is -1.99. The third-order valence-electron chi connectivity index (χ3n) is 1.37. The minimum atomic E-state index is -2.86. The van der Waals surface area contributed by atoms with E-state index in [4.69, 9.17) is 0 Å². The molecule has 0 unspecified atom stereocenters. The summed E-state index contributed by atoms with van der Waals surface area (Å²) in [5.41, 5.74) is -0.321. The lowest BCUT2D eigenvalue weighted by Gasteiger charge is -2.05. The molecule has 0 aromatic carbocycles. The van der Waals surface area contributed by atoms with Crippen LogP contribution in [-0.2, 0) is 5.33 Å². The number of alkyl halides is 3. The first-order valence-electron chi connectivity index (χ1n) is 3.25. The van der Waals surface area contributed by atoms with E-state index < -0.39 is 17.9 Å². The van der Waals surface area contributed by atoms with Gasteiger partial charge >= 0.3 is 0 Å². The number of rotatable bonds is 2. The van der Waals surface area contributed by atoms with E-state index in [1.807, 2.05) is 0 Å². The largest absolute Gasteiger partial charge is 0.269 e. The minimum Gasteiger partial charge on any atom is -0.223 e. The Labute approximate surface area is 89.6 Å². The van der Waals surface area contributed by atoms with Crippen LogP contribution in [0, 0.1) is 5.95 Å². The fourth-order valence-electron chi connectivity index (χ4n) is 0.804. The van der Waals surface area contributed by atoms with Crippen molar-refractivity contribution in [2.75, 3.05) is 0 Å². The Balaban J connectivity index is 3.23. The minimum absolute atomic E-state index is 0.0458. The third-order valence-corrected chi connectivity index (χ3v) is 2.60. The lowest BCUT2D eigenvalue weighted by atomic mass is 10.2. The molecule has 1 aromatic heterocycles. The number of hydrogen-bond donors (Lipinski definition) is 0. The molecule has 1 nitrogen and oxygen atoms in total. The van der Waals surface area contributed by atoms with Crippen LogP contribution in [0.15, 0.2) is 10.5 Å². The standard InChI is InChI=1S/C7H4Br2F3N/c8-2-3-1-4(9)5(6(10)11)7(12)13-3/h1,6H,2H2. The Bertz CT molecular complexity index is 294. The van der Waals surface area contributed by atoms with Crippen LogP contribution < -0.4 is 0 Å². The van der Waals surface area contributed by atoms with Gasteiger partial charge in [0, 0.05) is 9.80 Å². The Kier molecular flexibility index (Phi) is 3.73. The summed E-state index contributed by atoms with van der Waals surface area (Å²) in [5.74, 6) is -1.13. The molecule has 1 rings (SSSR count). The van der Waals surface area contributed by atoms with Gasteiger partial charge in [0.2, 0.25) is 5.95 Å². The molecule has 0 aliphatic heterocycles. The van der Waals surface area contributed by atoms with E-state index in [-0.39, 0.29) is 4.47 Å². The van der Waals surface area contributed by atoms with Gasteiger partial charge < -0.3 is 0 Å². The molecule has 1 heterocycles. The van der Waals surface area contributed by atoms with Gasteiger partial charge in [0.15, 0.2) is 0 Å². The summed E-state index contributed by atoms with van der Waals surface area (Å²) >= 11 is 5.91. The Morgan fingerprint density at radius 2 is 2.08 bits per heavy atom.